The Kier molecular flexibility index (Phi) is 4.75. The summed E-state index contributed by atoms with van der Waals surface area (Å²) in [5.74, 6) is 0.499. The first-order chi connectivity index (χ1) is 12.4. The highest BCUT2D eigenvalue weighted by atomic mass is 16.1. The lowest BCUT2D eigenvalue weighted by Gasteiger charge is -2.21. The number of amides is 1. The van der Waals surface area contributed by atoms with Gasteiger partial charge in [0.25, 0.3) is 5.91 Å². The van der Waals surface area contributed by atoms with Crippen LogP contribution in [-0.2, 0) is 0 Å². The number of rotatable bonds is 3. The summed E-state index contributed by atoms with van der Waals surface area (Å²) in [6, 6.07) is 0.203. The van der Waals surface area contributed by atoms with Crippen LogP contribution < -0.4 is 16.4 Å². The maximum absolute atomic E-state index is 12.4. The number of aromatic nitrogens is 3. The van der Waals surface area contributed by atoms with Crippen molar-refractivity contribution in [3.63, 3.8) is 0 Å². The molecule has 0 spiro atoms. The molecule has 26 heavy (non-hydrogen) atoms. The van der Waals surface area contributed by atoms with Gasteiger partial charge in [0.1, 0.15) is 17.0 Å². The molecule has 1 aliphatic rings. The number of nitrogens with one attached hydrogen (secondary N) is 3. The fourth-order valence-corrected chi connectivity index (χ4v) is 2.74. The van der Waals surface area contributed by atoms with Crippen LogP contribution in [0.3, 0.4) is 0 Å². The van der Waals surface area contributed by atoms with E-state index in [1.165, 1.54) is 0 Å². The summed E-state index contributed by atoms with van der Waals surface area (Å²) in [6.45, 7) is 5.84. The van der Waals surface area contributed by atoms with Crippen molar-refractivity contribution in [3.8, 4) is 0 Å². The summed E-state index contributed by atoms with van der Waals surface area (Å²) in [5, 5.41) is 6.12. The fourth-order valence-electron chi connectivity index (χ4n) is 2.74. The molecule has 0 fully saturated rings. The summed E-state index contributed by atoms with van der Waals surface area (Å²) in [5.41, 5.74) is 9.50. The molecule has 1 atom stereocenters. The van der Waals surface area contributed by atoms with Gasteiger partial charge in [0.15, 0.2) is 5.65 Å². The van der Waals surface area contributed by atoms with Crippen LogP contribution >= 0.6 is 0 Å². The predicted molar refractivity (Wildman–Crippen MR) is 103 cm³/mol. The van der Waals surface area contributed by atoms with Crippen LogP contribution in [0, 0.1) is 0 Å². The Labute approximate surface area is 151 Å². The van der Waals surface area contributed by atoms with E-state index < -0.39 is 0 Å². The number of fused-ring (bicyclic) bond motifs is 1. The molecule has 1 aliphatic heterocycles. The molecule has 136 valence electrons. The summed E-state index contributed by atoms with van der Waals surface area (Å²) in [6.07, 6.45) is 7.12. The quantitative estimate of drug-likeness (QED) is 0.663. The van der Waals surface area contributed by atoms with E-state index in [0.29, 0.717) is 34.0 Å². The Hall–Kier alpha value is -3.16. The molecule has 0 bridgehead atoms. The van der Waals surface area contributed by atoms with E-state index in [4.69, 9.17) is 5.73 Å². The minimum atomic E-state index is -0.201. The standard InChI is InChI=1S/C18H23N7O/c1-9(2)23-18(26)12-7-21-17-15(12)25-13(8-22-17)14(19)11-6-5-10(3)24-16(11)20-4/h5-10H,19H2,1-4H3,(H,20,24)(H,21,22)(H,23,26). The van der Waals surface area contributed by atoms with Crippen molar-refractivity contribution in [1.29, 1.82) is 0 Å². The van der Waals surface area contributed by atoms with Gasteiger partial charge in [-0.1, -0.05) is 12.2 Å². The molecular formula is C18H23N7O. The Morgan fingerprint density at radius 3 is 2.88 bits per heavy atom. The predicted octanol–water partition coefficient (Wildman–Crippen LogP) is 1.34. The first-order valence-corrected chi connectivity index (χ1v) is 8.47. The summed E-state index contributed by atoms with van der Waals surface area (Å²) >= 11 is 0. The van der Waals surface area contributed by atoms with Crippen molar-refractivity contribution >= 4 is 28.6 Å². The molecule has 0 radical (unpaired) electrons. The molecule has 8 nitrogen and oxygen atoms in total. The van der Waals surface area contributed by atoms with Crippen LogP contribution in [0.1, 0.15) is 36.8 Å². The third-order valence-electron chi connectivity index (χ3n) is 4.01. The van der Waals surface area contributed by atoms with E-state index in [1.807, 2.05) is 32.9 Å². The van der Waals surface area contributed by atoms with Gasteiger partial charge >= 0.3 is 0 Å². The van der Waals surface area contributed by atoms with Gasteiger partial charge in [-0.2, -0.15) is 0 Å². The lowest BCUT2D eigenvalue weighted by atomic mass is 10.0. The number of aromatic amines is 1. The van der Waals surface area contributed by atoms with Crippen LogP contribution in [-0.4, -0.2) is 45.8 Å². The van der Waals surface area contributed by atoms with Crippen LogP contribution in [0.5, 0.6) is 0 Å². The Morgan fingerprint density at radius 2 is 2.19 bits per heavy atom. The molecule has 2 aromatic rings. The molecule has 5 N–H and O–H groups in total. The highest BCUT2D eigenvalue weighted by molar-refractivity contribution is 6.08. The third kappa shape index (κ3) is 3.30. The van der Waals surface area contributed by atoms with E-state index >= 15 is 0 Å². The maximum Gasteiger partial charge on any atom is 0.255 e. The topological polar surface area (TPSA) is 121 Å². The third-order valence-corrected chi connectivity index (χ3v) is 4.01. The molecule has 0 saturated heterocycles. The van der Waals surface area contributed by atoms with Gasteiger partial charge in [0, 0.05) is 30.9 Å². The highest BCUT2D eigenvalue weighted by Gasteiger charge is 2.19. The van der Waals surface area contributed by atoms with Gasteiger partial charge in [0.2, 0.25) is 0 Å². The number of hydrogen-bond acceptors (Lipinski definition) is 5. The number of carbonyl (C=O) groups is 1. The van der Waals surface area contributed by atoms with Crippen LogP contribution in [0.25, 0.3) is 16.9 Å². The van der Waals surface area contributed by atoms with Crippen molar-refractivity contribution in [1.82, 2.24) is 25.6 Å². The molecule has 0 saturated carbocycles. The average Bonchev–Trinajstić information content (AvgIpc) is 3.03. The van der Waals surface area contributed by atoms with Crippen molar-refractivity contribution in [2.75, 3.05) is 7.05 Å². The molecule has 1 amide bonds. The lowest BCUT2D eigenvalue weighted by molar-refractivity contribution is 0.0944. The minimum Gasteiger partial charge on any atom is -0.396 e. The number of nitrogens with two attached hydrogens (primary N) is 1. The smallest absolute Gasteiger partial charge is 0.255 e. The Balaban J connectivity index is 2.07. The molecule has 8 heteroatoms. The normalized spacial score (nSPS) is 20.5. The summed E-state index contributed by atoms with van der Waals surface area (Å²) < 4.78 is 0. The van der Waals surface area contributed by atoms with Gasteiger partial charge in [0.05, 0.1) is 17.5 Å². The molecule has 0 aromatic carbocycles. The zero-order valence-electron chi connectivity index (χ0n) is 15.3. The van der Waals surface area contributed by atoms with Crippen molar-refractivity contribution in [2.24, 2.45) is 10.7 Å². The second-order valence-corrected chi connectivity index (χ2v) is 6.47. The van der Waals surface area contributed by atoms with Crippen molar-refractivity contribution < 1.29 is 4.79 Å². The van der Waals surface area contributed by atoms with Gasteiger partial charge < -0.3 is 21.4 Å². The number of H-pyrrole nitrogens is 1. The second-order valence-electron chi connectivity index (χ2n) is 6.47. The van der Waals surface area contributed by atoms with E-state index in [9.17, 15) is 4.79 Å². The first-order valence-electron chi connectivity index (χ1n) is 8.47. The first kappa shape index (κ1) is 17.7. The molecular weight excluding hydrogens is 330 g/mol. The van der Waals surface area contributed by atoms with E-state index in [2.05, 4.69) is 30.6 Å². The molecule has 2 aromatic heterocycles. The van der Waals surface area contributed by atoms with Crippen LogP contribution in [0.2, 0.25) is 0 Å². The molecule has 0 aliphatic carbocycles. The second kappa shape index (κ2) is 6.99. The largest absolute Gasteiger partial charge is 0.396 e. The average molecular weight is 353 g/mol. The zero-order chi connectivity index (χ0) is 18.8. The number of amidine groups is 1. The lowest BCUT2D eigenvalue weighted by Crippen LogP contribution is -2.36. The zero-order valence-corrected chi connectivity index (χ0v) is 15.3. The van der Waals surface area contributed by atoms with Crippen LogP contribution in [0.15, 0.2) is 35.1 Å². The Morgan fingerprint density at radius 1 is 1.42 bits per heavy atom. The van der Waals surface area contributed by atoms with Crippen molar-refractivity contribution in [3.05, 3.63) is 41.4 Å². The fraction of sp³-hybridized carbons (Fsp3) is 0.333. The molecule has 3 rings (SSSR count). The van der Waals surface area contributed by atoms with Crippen LogP contribution in [0.4, 0.5) is 0 Å². The van der Waals surface area contributed by atoms with Crippen molar-refractivity contribution in [2.45, 2.75) is 32.9 Å². The maximum atomic E-state index is 12.4. The SMILES string of the molecule is CN=C1NC(C)C=CC1=C(N)c1cnc2[nH]cc(C(=O)NC(C)C)c2n1. The van der Waals surface area contributed by atoms with Gasteiger partial charge in [-0.3, -0.25) is 9.79 Å². The number of hydrogen-bond donors (Lipinski definition) is 4. The molecule has 1 unspecified atom stereocenters. The minimum absolute atomic E-state index is 0.0274. The Bertz CT molecular complexity index is 936. The number of aliphatic imine (C=N–C) groups is 1. The number of nitrogens with zero attached hydrogens (tertiary/aromatic N) is 3. The summed E-state index contributed by atoms with van der Waals surface area (Å²) in [4.78, 5) is 28.5. The highest BCUT2D eigenvalue weighted by Crippen LogP contribution is 2.20. The van der Waals surface area contributed by atoms with Gasteiger partial charge in [-0.25, -0.2) is 9.97 Å². The van der Waals surface area contributed by atoms with Gasteiger partial charge in [-0.05, 0) is 20.8 Å². The van der Waals surface area contributed by atoms with E-state index in [0.717, 1.165) is 5.57 Å². The molecule has 3 heterocycles. The number of carbonyl (C=O) groups excluding carboxylic acids is 1. The van der Waals surface area contributed by atoms with E-state index in [-0.39, 0.29) is 18.0 Å². The van der Waals surface area contributed by atoms with E-state index in [1.54, 1.807) is 19.4 Å². The van der Waals surface area contributed by atoms with Gasteiger partial charge in [-0.15, -0.1) is 0 Å². The summed E-state index contributed by atoms with van der Waals surface area (Å²) in [7, 11) is 1.71. The monoisotopic (exact) mass is 353 g/mol.